The molecule has 0 aromatic heterocycles. The molecule has 0 aromatic rings. The van der Waals surface area contributed by atoms with Crippen LogP contribution >= 0.6 is 11.8 Å². The fraction of sp³-hybridized carbons (Fsp3) is 1.00. The summed E-state index contributed by atoms with van der Waals surface area (Å²) in [7, 11) is 0. The average molecular weight is 186 g/mol. The largest absolute Gasteiger partial charge is 0.392 e. The zero-order valence-electron chi connectivity index (χ0n) is 7.54. The second kappa shape index (κ2) is 4.01. The maximum atomic E-state index is 9.98. The van der Waals surface area contributed by atoms with Gasteiger partial charge in [0, 0.05) is 5.92 Å². The zero-order chi connectivity index (χ0) is 8.39. The molecule has 1 heterocycles. The molecule has 1 aliphatic carbocycles. The lowest BCUT2D eigenvalue weighted by Crippen LogP contribution is -2.38. The van der Waals surface area contributed by atoms with Gasteiger partial charge in [0.2, 0.25) is 0 Å². The van der Waals surface area contributed by atoms with Crippen LogP contribution in [0.15, 0.2) is 0 Å². The summed E-state index contributed by atoms with van der Waals surface area (Å²) in [5, 5.41) is 9.98. The molecule has 1 atom stereocenters. The quantitative estimate of drug-likeness (QED) is 0.714. The number of rotatable bonds is 2. The number of thioether (sulfide) groups is 1. The van der Waals surface area contributed by atoms with Gasteiger partial charge in [-0.3, -0.25) is 0 Å². The van der Waals surface area contributed by atoms with Gasteiger partial charge in [-0.25, -0.2) is 0 Å². The highest BCUT2D eigenvalue weighted by Gasteiger charge is 2.32. The third kappa shape index (κ3) is 1.80. The van der Waals surface area contributed by atoms with E-state index in [9.17, 15) is 5.11 Å². The van der Waals surface area contributed by atoms with Crippen molar-refractivity contribution in [2.45, 2.75) is 38.2 Å². The van der Waals surface area contributed by atoms with Gasteiger partial charge < -0.3 is 5.11 Å². The second-order valence-electron chi connectivity index (χ2n) is 4.19. The van der Waals surface area contributed by atoms with Crippen LogP contribution in [0.4, 0.5) is 0 Å². The lowest BCUT2D eigenvalue weighted by molar-refractivity contribution is 0.0459. The van der Waals surface area contributed by atoms with E-state index in [0.29, 0.717) is 11.8 Å². The maximum absolute atomic E-state index is 9.98. The number of hydrogen-bond donors (Lipinski definition) is 1. The molecular weight excluding hydrogens is 168 g/mol. The van der Waals surface area contributed by atoms with Crippen LogP contribution in [0.3, 0.4) is 0 Å². The van der Waals surface area contributed by atoms with E-state index >= 15 is 0 Å². The van der Waals surface area contributed by atoms with Crippen LogP contribution in [0.1, 0.15) is 32.1 Å². The Morgan fingerprint density at radius 3 is 2.17 bits per heavy atom. The van der Waals surface area contributed by atoms with Crippen LogP contribution < -0.4 is 0 Å². The standard InChI is InChI=1S/C10H18OS/c11-10(9-6-12-7-9)8-4-2-1-3-5-8/h8-11H,1-7H2. The molecule has 0 amide bonds. The van der Waals surface area contributed by atoms with Gasteiger partial charge in [0.05, 0.1) is 6.10 Å². The van der Waals surface area contributed by atoms with Crippen molar-refractivity contribution in [1.29, 1.82) is 0 Å². The van der Waals surface area contributed by atoms with Gasteiger partial charge in [-0.05, 0) is 30.3 Å². The van der Waals surface area contributed by atoms with E-state index in [2.05, 4.69) is 0 Å². The van der Waals surface area contributed by atoms with Crippen molar-refractivity contribution >= 4 is 11.8 Å². The summed E-state index contributed by atoms with van der Waals surface area (Å²) in [4.78, 5) is 0. The summed E-state index contributed by atoms with van der Waals surface area (Å²) in [6.07, 6.45) is 6.68. The first-order valence-corrected chi connectivity index (χ1v) is 6.29. The summed E-state index contributed by atoms with van der Waals surface area (Å²) >= 11 is 1.98. The van der Waals surface area contributed by atoms with E-state index in [1.54, 1.807) is 0 Å². The fourth-order valence-electron chi connectivity index (χ4n) is 2.31. The predicted octanol–water partition coefficient (Wildman–Crippen LogP) is 2.29. The highest BCUT2D eigenvalue weighted by atomic mass is 32.2. The third-order valence-corrected chi connectivity index (χ3v) is 4.61. The molecule has 1 aliphatic heterocycles. The van der Waals surface area contributed by atoms with Crippen molar-refractivity contribution in [3.05, 3.63) is 0 Å². The molecule has 1 unspecified atom stereocenters. The van der Waals surface area contributed by atoms with Gasteiger partial charge in [0.25, 0.3) is 0 Å². The maximum Gasteiger partial charge on any atom is 0.0612 e. The molecular formula is C10H18OS. The van der Waals surface area contributed by atoms with E-state index in [0.717, 1.165) is 0 Å². The summed E-state index contributed by atoms with van der Waals surface area (Å²) in [5.74, 6) is 3.69. The van der Waals surface area contributed by atoms with Crippen LogP contribution in [0.2, 0.25) is 0 Å². The SMILES string of the molecule is OC(C1CCCCC1)C1CSC1. The summed E-state index contributed by atoms with van der Waals surface area (Å²) in [6, 6.07) is 0. The molecule has 12 heavy (non-hydrogen) atoms. The minimum Gasteiger partial charge on any atom is -0.392 e. The van der Waals surface area contributed by atoms with Crippen LogP contribution in [-0.2, 0) is 0 Å². The molecule has 2 rings (SSSR count). The highest BCUT2D eigenvalue weighted by Crippen LogP contribution is 2.36. The van der Waals surface area contributed by atoms with Gasteiger partial charge in [-0.2, -0.15) is 11.8 Å². The molecule has 2 fully saturated rings. The van der Waals surface area contributed by atoms with Crippen molar-refractivity contribution in [3.8, 4) is 0 Å². The lowest BCUT2D eigenvalue weighted by Gasteiger charge is -2.36. The van der Waals surface area contributed by atoms with Crippen LogP contribution in [0.25, 0.3) is 0 Å². The Balaban J connectivity index is 1.80. The molecule has 1 nitrogen and oxygen atoms in total. The molecule has 0 bridgehead atoms. The van der Waals surface area contributed by atoms with Gasteiger partial charge >= 0.3 is 0 Å². The summed E-state index contributed by atoms with van der Waals surface area (Å²) in [5.41, 5.74) is 0. The third-order valence-electron chi connectivity index (χ3n) is 3.28. The number of hydrogen-bond acceptors (Lipinski definition) is 2. The first-order valence-electron chi connectivity index (χ1n) is 5.14. The molecule has 2 aliphatic rings. The molecule has 0 radical (unpaired) electrons. The topological polar surface area (TPSA) is 20.2 Å². The Bertz CT molecular complexity index is 139. The Morgan fingerprint density at radius 1 is 1.00 bits per heavy atom. The molecule has 1 N–H and O–H groups in total. The van der Waals surface area contributed by atoms with Gasteiger partial charge in [-0.1, -0.05) is 19.3 Å². The molecule has 1 saturated heterocycles. The second-order valence-corrected chi connectivity index (χ2v) is 5.26. The predicted molar refractivity (Wildman–Crippen MR) is 53.4 cm³/mol. The van der Waals surface area contributed by atoms with E-state index < -0.39 is 0 Å². The van der Waals surface area contributed by atoms with E-state index in [1.165, 1.54) is 43.6 Å². The Labute approximate surface area is 78.9 Å². The first-order chi connectivity index (χ1) is 5.88. The molecule has 70 valence electrons. The van der Waals surface area contributed by atoms with Gasteiger partial charge in [0.15, 0.2) is 0 Å². The summed E-state index contributed by atoms with van der Waals surface area (Å²) < 4.78 is 0. The Hall–Kier alpha value is 0.310. The van der Waals surface area contributed by atoms with Crippen molar-refractivity contribution in [2.24, 2.45) is 11.8 Å². The van der Waals surface area contributed by atoms with Crippen molar-refractivity contribution < 1.29 is 5.11 Å². The molecule has 0 aromatic carbocycles. The van der Waals surface area contributed by atoms with Crippen molar-refractivity contribution in [3.63, 3.8) is 0 Å². The number of aliphatic hydroxyl groups excluding tert-OH is 1. The van der Waals surface area contributed by atoms with Crippen molar-refractivity contribution in [2.75, 3.05) is 11.5 Å². The summed E-state index contributed by atoms with van der Waals surface area (Å²) in [6.45, 7) is 0. The number of aliphatic hydroxyl groups is 1. The first kappa shape index (κ1) is 8.89. The molecule has 1 saturated carbocycles. The average Bonchev–Trinajstić information content (AvgIpc) is 2.03. The monoisotopic (exact) mass is 186 g/mol. The van der Waals surface area contributed by atoms with E-state index in [4.69, 9.17) is 0 Å². The highest BCUT2D eigenvalue weighted by molar-refractivity contribution is 8.00. The Kier molecular flexibility index (Phi) is 2.97. The van der Waals surface area contributed by atoms with Gasteiger partial charge in [-0.15, -0.1) is 0 Å². The minimum absolute atomic E-state index is 0.0338. The lowest BCUT2D eigenvalue weighted by atomic mass is 9.81. The Morgan fingerprint density at radius 2 is 1.67 bits per heavy atom. The van der Waals surface area contributed by atoms with Crippen LogP contribution in [0, 0.1) is 11.8 Å². The zero-order valence-corrected chi connectivity index (χ0v) is 8.35. The van der Waals surface area contributed by atoms with Crippen molar-refractivity contribution in [1.82, 2.24) is 0 Å². The van der Waals surface area contributed by atoms with E-state index in [1.807, 2.05) is 11.8 Å². The van der Waals surface area contributed by atoms with Crippen LogP contribution in [0.5, 0.6) is 0 Å². The van der Waals surface area contributed by atoms with E-state index in [-0.39, 0.29) is 6.10 Å². The molecule has 0 spiro atoms. The smallest absolute Gasteiger partial charge is 0.0612 e. The van der Waals surface area contributed by atoms with Crippen LogP contribution in [-0.4, -0.2) is 22.7 Å². The van der Waals surface area contributed by atoms with Gasteiger partial charge in [0.1, 0.15) is 0 Å². The minimum atomic E-state index is 0.0338. The normalized spacial score (nSPS) is 29.8. The molecule has 2 heteroatoms. The fourth-order valence-corrected chi connectivity index (χ4v) is 3.21.